The molecule has 3 N–H and O–H groups in total. The van der Waals surface area contributed by atoms with E-state index < -0.39 is 6.10 Å². The summed E-state index contributed by atoms with van der Waals surface area (Å²) in [5.74, 6) is 0.751. The molecular weight excluding hydrogens is 232 g/mol. The summed E-state index contributed by atoms with van der Waals surface area (Å²) in [5.41, 5.74) is -0.222. The van der Waals surface area contributed by atoms with Crippen LogP contribution >= 0.6 is 0 Å². The molecule has 0 spiro atoms. The van der Waals surface area contributed by atoms with E-state index in [0.29, 0.717) is 13.2 Å². The predicted octanol–water partition coefficient (Wildman–Crippen LogP) is 1.12. The molecule has 0 aromatic heterocycles. The first-order valence-corrected chi connectivity index (χ1v) is 6.67. The summed E-state index contributed by atoms with van der Waals surface area (Å²) in [4.78, 5) is 11.4. The molecule has 0 heterocycles. The van der Waals surface area contributed by atoms with Crippen molar-refractivity contribution in [3.63, 3.8) is 0 Å². The third kappa shape index (κ3) is 6.81. The Hall–Kier alpha value is -0.810. The number of ether oxygens (including phenoxy) is 1. The van der Waals surface area contributed by atoms with E-state index in [0.717, 1.165) is 12.5 Å². The zero-order chi connectivity index (χ0) is 13.6. The van der Waals surface area contributed by atoms with Crippen LogP contribution < -0.4 is 10.6 Å². The molecule has 5 nitrogen and oxygen atoms in total. The van der Waals surface area contributed by atoms with Crippen molar-refractivity contribution in [1.82, 2.24) is 10.6 Å². The summed E-state index contributed by atoms with van der Waals surface area (Å²) in [5, 5.41) is 15.1. The van der Waals surface area contributed by atoms with E-state index in [2.05, 4.69) is 10.6 Å². The Bertz CT molecular complexity index is 259. The molecule has 1 unspecified atom stereocenters. The Morgan fingerprint density at radius 2 is 2.06 bits per heavy atom. The molecule has 0 aromatic carbocycles. The number of hydrogen-bond acceptors (Lipinski definition) is 3. The highest BCUT2D eigenvalue weighted by Gasteiger charge is 2.22. The normalized spacial score (nSPS) is 17.3. The molecule has 1 saturated carbocycles. The van der Waals surface area contributed by atoms with Gasteiger partial charge in [-0.3, -0.25) is 0 Å². The van der Waals surface area contributed by atoms with Crippen LogP contribution in [0, 0.1) is 11.3 Å². The Morgan fingerprint density at radius 1 is 1.39 bits per heavy atom. The first-order chi connectivity index (χ1) is 8.39. The largest absolute Gasteiger partial charge is 0.391 e. The van der Waals surface area contributed by atoms with Gasteiger partial charge in [0.25, 0.3) is 0 Å². The number of rotatable bonds is 7. The van der Waals surface area contributed by atoms with E-state index in [1.54, 1.807) is 0 Å². The number of urea groups is 1. The van der Waals surface area contributed by atoms with E-state index in [-0.39, 0.29) is 18.0 Å². The van der Waals surface area contributed by atoms with Crippen molar-refractivity contribution >= 4 is 6.03 Å². The van der Waals surface area contributed by atoms with Gasteiger partial charge in [-0.15, -0.1) is 0 Å². The Morgan fingerprint density at radius 3 is 2.61 bits per heavy atom. The van der Waals surface area contributed by atoms with Crippen LogP contribution in [-0.2, 0) is 4.74 Å². The average Bonchev–Trinajstić information content (AvgIpc) is 3.08. The second-order valence-electron chi connectivity index (χ2n) is 6.04. The smallest absolute Gasteiger partial charge is 0.314 e. The highest BCUT2D eigenvalue weighted by molar-refractivity contribution is 5.73. The summed E-state index contributed by atoms with van der Waals surface area (Å²) in [7, 11) is 0. The van der Waals surface area contributed by atoms with Crippen LogP contribution in [-0.4, -0.2) is 43.5 Å². The van der Waals surface area contributed by atoms with Crippen LogP contribution in [0.2, 0.25) is 0 Å². The number of amides is 2. The molecule has 0 bridgehead atoms. The van der Waals surface area contributed by atoms with Gasteiger partial charge in [-0.25, -0.2) is 4.79 Å². The fraction of sp³-hybridized carbons (Fsp3) is 0.923. The van der Waals surface area contributed by atoms with Gasteiger partial charge in [-0.2, -0.15) is 0 Å². The molecule has 0 aliphatic heterocycles. The molecule has 0 saturated heterocycles. The van der Waals surface area contributed by atoms with Crippen molar-refractivity contribution < 1.29 is 14.6 Å². The summed E-state index contributed by atoms with van der Waals surface area (Å²) in [6.07, 6.45) is 2.01. The minimum Gasteiger partial charge on any atom is -0.391 e. The van der Waals surface area contributed by atoms with Crippen LogP contribution in [0.1, 0.15) is 33.6 Å². The van der Waals surface area contributed by atoms with E-state index in [4.69, 9.17) is 4.74 Å². The summed E-state index contributed by atoms with van der Waals surface area (Å²) < 4.78 is 5.40. The summed E-state index contributed by atoms with van der Waals surface area (Å²) in [6, 6.07) is -0.256. The molecule has 0 aromatic rings. The topological polar surface area (TPSA) is 70.6 Å². The van der Waals surface area contributed by atoms with Gasteiger partial charge in [-0.1, -0.05) is 20.8 Å². The van der Waals surface area contributed by atoms with Gasteiger partial charge in [-0.05, 0) is 24.2 Å². The number of carbonyl (C=O) groups is 1. The van der Waals surface area contributed by atoms with E-state index in [1.807, 2.05) is 20.8 Å². The second-order valence-corrected chi connectivity index (χ2v) is 6.04. The van der Waals surface area contributed by atoms with E-state index in [1.165, 1.54) is 12.8 Å². The van der Waals surface area contributed by atoms with Crippen LogP contribution in [0.15, 0.2) is 0 Å². The molecule has 18 heavy (non-hydrogen) atoms. The third-order valence-corrected chi connectivity index (χ3v) is 3.04. The van der Waals surface area contributed by atoms with E-state index >= 15 is 0 Å². The molecule has 5 heteroatoms. The standard InChI is InChI=1S/C13H26N2O3/c1-13(2,3)11(16)8-15-12(17)14-6-7-18-9-10-4-5-10/h10-11,16H,4-9H2,1-3H3,(H2,14,15,17). The molecule has 1 rings (SSSR count). The average molecular weight is 258 g/mol. The molecule has 0 radical (unpaired) electrons. The van der Waals surface area contributed by atoms with Gasteiger partial charge in [0.15, 0.2) is 0 Å². The predicted molar refractivity (Wildman–Crippen MR) is 70.4 cm³/mol. The van der Waals surface area contributed by atoms with Gasteiger partial charge in [0.1, 0.15) is 0 Å². The Kier molecular flexibility index (Phi) is 5.88. The van der Waals surface area contributed by atoms with Crippen LogP contribution in [0.4, 0.5) is 4.79 Å². The van der Waals surface area contributed by atoms with Crippen molar-refractivity contribution in [2.75, 3.05) is 26.3 Å². The van der Waals surface area contributed by atoms with Gasteiger partial charge < -0.3 is 20.5 Å². The SMILES string of the molecule is CC(C)(C)C(O)CNC(=O)NCCOCC1CC1. The molecule has 1 fully saturated rings. The maximum Gasteiger partial charge on any atom is 0.314 e. The van der Waals surface area contributed by atoms with Crippen LogP contribution in [0.3, 0.4) is 0 Å². The molecule has 106 valence electrons. The Labute approximate surface area is 109 Å². The van der Waals surface area contributed by atoms with Gasteiger partial charge in [0.05, 0.1) is 12.7 Å². The second kappa shape index (κ2) is 6.95. The molecular formula is C13H26N2O3. The maximum atomic E-state index is 11.4. The maximum absolute atomic E-state index is 11.4. The summed E-state index contributed by atoms with van der Waals surface area (Å²) in [6.45, 7) is 7.93. The lowest BCUT2D eigenvalue weighted by Gasteiger charge is -2.25. The lowest BCUT2D eigenvalue weighted by Crippen LogP contribution is -2.44. The monoisotopic (exact) mass is 258 g/mol. The number of carbonyl (C=O) groups excluding carboxylic acids is 1. The third-order valence-electron chi connectivity index (χ3n) is 3.04. The van der Waals surface area contributed by atoms with Crippen molar-refractivity contribution in [2.24, 2.45) is 11.3 Å². The molecule has 2 amide bonds. The van der Waals surface area contributed by atoms with Crippen LogP contribution in [0.25, 0.3) is 0 Å². The Balaban J connectivity index is 1.95. The zero-order valence-electron chi connectivity index (χ0n) is 11.7. The lowest BCUT2D eigenvalue weighted by atomic mass is 9.89. The van der Waals surface area contributed by atoms with Crippen LogP contribution in [0.5, 0.6) is 0 Å². The highest BCUT2D eigenvalue weighted by atomic mass is 16.5. The minimum absolute atomic E-state index is 0.222. The quantitative estimate of drug-likeness (QED) is 0.599. The van der Waals surface area contributed by atoms with Crippen molar-refractivity contribution in [1.29, 1.82) is 0 Å². The van der Waals surface area contributed by atoms with Crippen molar-refractivity contribution in [3.8, 4) is 0 Å². The van der Waals surface area contributed by atoms with Gasteiger partial charge >= 0.3 is 6.03 Å². The first-order valence-electron chi connectivity index (χ1n) is 6.67. The highest BCUT2D eigenvalue weighted by Crippen LogP contribution is 2.28. The summed E-state index contributed by atoms with van der Waals surface area (Å²) >= 11 is 0. The lowest BCUT2D eigenvalue weighted by molar-refractivity contribution is 0.0648. The number of nitrogens with one attached hydrogen (secondary N) is 2. The van der Waals surface area contributed by atoms with Crippen molar-refractivity contribution in [2.45, 2.75) is 39.7 Å². The molecule has 1 atom stereocenters. The fourth-order valence-electron chi connectivity index (χ4n) is 1.33. The van der Waals surface area contributed by atoms with Gasteiger partial charge in [0, 0.05) is 19.7 Å². The van der Waals surface area contributed by atoms with E-state index in [9.17, 15) is 9.90 Å². The molecule has 1 aliphatic carbocycles. The first kappa shape index (κ1) is 15.2. The minimum atomic E-state index is -0.547. The van der Waals surface area contributed by atoms with Gasteiger partial charge in [0.2, 0.25) is 0 Å². The number of aliphatic hydroxyl groups is 1. The zero-order valence-corrected chi connectivity index (χ0v) is 11.7. The molecule has 1 aliphatic rings. The van der Waals surface area contributed by atoms with Crippen molar-refractivity contribution in [3.05, 3.63) is 0 Å². The number of aliphatic hydroxyl groups excluding tert-OH is 1. The fourth-order valence-corrected chi connectivity index (χ4v) is 1.33. The number of hydrogen-bond donors (Lipinski definition) is 3.